The minimum absolute atomic E-state index is 0.213. The van der Waals surface area contributed by atoms with Crippen LogP contribution in [0, 0.1) is 17.6 Å². The average Bonchev–Trinajstić information content (AvgIpc) is 3.26. The van der Waals surface area contributed by atoms with Gasteiger partial charge in [-0.05, 0) is 66.4 Å². The molecule has 1 aromatic heterocycles. The second-order valence-electron chi connectivity index (χ2n) is 8.90. The number of hydrogen-bond donors (Lipinski definition) is 1. The van der Waals surface area contributed by atoms with Crippen molar-refractivity contribution in [3.05, 3.63) is 90.0 Å². The van der Waals surface area contributed by atoms with Gasteiger partial charge >= 0.3 is 0 Å². The van der Waals surface area contributed by atoms with E-state index < -0.39 is 29.5 Å². The van der Waals surface area contributed by atoms with Crippen LogP contribution in [0.1, 0.15) is 31.9 Å². The second-order valence-corrected chi connectivity index (χ2v) is 8.90. The highest BCUT2D eigenvalue weighted by Crippen LogP contribution is 2.29. The van der Waals surface area contributed by atoms with Crippen molar-refractivity contribution in [1.29, 1.82) is 0 Å². The number of hydrogen-bond acceptors (Lipinski definition) is 4. The Morgan fingerprint density at radius 3 is 2.25 bits per heavy atom. The van der Waals surface area contributed by atoms with Gasteiger partial charge in [-0.25, -0.2) is 13.5 Å². The Bertz CT molecular complexity index is 1340. The highest BCUT2D eigenvalue weighted by molar-refractivity contribution is 6.01. The van der Waals surface area contributed by atoms with E-state index in [1.807, 2.05) is 26.0 Å². The maximum absolute atomic E-state index is 13.8. The van der Waals surface area contributed by atoms with Gasteiger partial charge in [-0.15, -0.1) is 5.10 Å². The van der Waals surface area contributed by atoms with E-state index in [9.17, 15) is 18.4 Å². The Labute approximate surface area is 207 Å². The molecule has 0 unspecified atom stereocenters. The molecular formula is C27H27F2N5O2. The summed E-state index contributed by atoms with van der Waals surface area (Å²) < 4.78 is 28.9. The molecule has 0 aliphatic heterocycles. The lowest BCUT2D eigenvalue weighted by atomic mass is 10.0. The summed E-state index contributed by atoms with van der Waals surface area (Å²) in [6.07, 6.45) is 0.747. The number of halogens is 2. The van der Waals surface area contributed by atoms with E-state index in [0.29, 0.717) is 34.7 Å². The minimum Gasteiger partial charge on any atom is -0.354 e. The zero-order chi connectivity index (χ0) is 25.7. The molecule has 36 heavy (non-hydrogen) atoms. The van der Waals surface area contributed by atoms with Crippen LogP contribution in [-0.2, 0) is 16.1 Å². The first-order valence-corrected chi connectivity index (χ1v) is 11.7. The lowest BCUT2D eigenvalue weighted by Crippen LogP contribution is -2.45. The van der Waals surface area contributed by atoms with Gasteiger partial charge in [0, 0.05) is 12.2 Å². The van der Waals surface area contributed by atoms with Crippen LogP contribution in [-0.4, -0.2) is 33.4 Å². The maximum Gasteiger partial charge on any atom is 0.249 e. The standard InChI is InChI=1S/C27H27F2N5O2/c1-18(2)15-16-30-27(36)26(19-7-9-20(28)10-8-19)34(22-13-11-21(29)12-14-22)25(35)17-33-24-6-4-3-5-23(24)31-32-33/h3-14,18,26H,15-17H2,1-2H3,(H,30,36)/t26-/m1/s1. The molecule has 0 fully saturated rings. The fourth-order valence-electron chi connectivity index (χ4n) is 3.92. The summed E-state index contributed by atoms with van der Waals surface area (Å²) in [5, 5.41) is 11.1. The van der Waals surface area contributed by atoms with Gasteiger partial charge in [0.2, 0.25) is 11.8 Å². The van der Waals surface area contributed by atoms with Gasteiger partial charge in [0.05, 0.1) is 5.52 Å². The smallest absolute Gasteiger partial charge is 0.249 e. The summed E-state index contributed by atoms with van der Waals surface area (Å²) in [7, 11) is 0. The Kier molecular flexibility index (Phi) is 7.68. The first kappa shape index (κ1) is 25.0. The van der Waals surface area contributed by atoms with Crippen molar-refractivity contribution >= 4 is 28.5 Å². The van der Waals surface area contributed by atoms with Crippen molar-refractivity contribution in [3.63, 3.8) is 0 Å². The van der Waals surface area contributed by atoms with Gasteiger partial charge in [-0.3, -0.25) is 14.5 Å². The molecule has 0 spiro atoms. The van der Waals surface area contributed by atoms with Gasteiger partial charge < -0.3 is 5.32 Å². The van der Waals surface area contributed by atoms with Gasteiger partial charge in [0.1, 0.15) is 29.7 Å². The van der Waals surface area contributed by atoms with Crippen molar-refractivity contribution in [2.75, 3.05) is 11.4 Å². The van der Waals surface area contributed by atoms with Crippen molar-refractivity contribution < 1.29 is 18.4 Å². The van der Waals surface area contributed by atoms with Crippen LogP contribution in [0.15, 0.2) is 72.8 Å². The third kappa shape index (κ3) is 5.73. The zero-order valence-corrected chi connectivity index (χ0v) is 20.1. The van der Waals surface area contributed by atoms with Gasteiger partial charge in [0.25, 0.3) is 0 Å². The van der Waals surface area contributed by atoms with Crippen molar-refractivity contribution in [2.24, 2.45) is 5.92 Å². The van der Waals surface area contributed by atoms with E-state index in [4.69, 9.17) is 0 Å². The van der Waals surface area contributed by atoms with Crippen LogP contribution in [0.4, 0.5) is 14.5 Å². The Hall–Kier alpha value is -4.14. The van der Waals surface area contributed by atoms with Crippen LogP contribution < -0.4 is 10.2 Å². The Balaban J connectivity index is 1.75. The summed E-state index contributed by atoms with van der Waals surface area (Å²) in [5.74, 6) is -1.47. The fraction of sp³-hybridized carbons (Fsp3) is 0.259. The molecule has 2 amide bonds. The quantitative estimate of drug-likeness (QED) is 0.370. The summed E-state index contributed by atoms with van der Waals surface area (Å²) in [6.45, 7) is 4.28. The molecular weight excluding hydrogens is 464 g/mol. The molecule has 0 saturated carbocycles. The number of carbonyl (C=O) groups is 2. The second kappa shape index (κ2) is 11.1. The number of aromatic nitrogens is 3. The lowest BCUT2D eigenvalue weighted by molar-refractivity contribution is -0.127. The zero-order valence-electron chi connectivity index (χ0n) is 20.1. The van der Waals surface area contributed by atoms with E-state index in [2.05, 4.69) is 15.6 Å². The fourth-order valence-corrected chi connectivity index (χ4v) is 3.92. The molecule has 0 aliphatic carbocycles. The summed E-state index contributed by atoms with van der Waals surface area (Å²) in [6, 6.07) is 16.8. The van der Waals surface area contributed by atoms with E-state index in [1.165, 1.54) is 58.1 Å². The van der Waals surface area contributed by atoms with Crippen molar-refractivity contribution in [2.45, 2.75) is 32.9 Å². The van der Waals surface area contributed by atoms with E-state index in [1.54, 1.807) is 12.1 Å². The van der Waals surface area contributed by atoms with E-state index >= 15 is 0 Å². The summed E-state index contributed by atoms with van der Waals surface area (Å²) in [4.78, 5) is 28.6. The summed E-state index contributed by atoms with van der Waals surface area (Å²) >= 11 is 0. The SMILES string of the molecule is CC(C)CCNC(=O)[C@@H](c1ccc(F)cc1)N(C(=O)Cn1nnc2ccccc21)c1ccc(F)cc1. The predicted molar refractivity (Wildman–Crippen MR) is 133 cm³/mol. The average molecular weight is 492 g/mol. The highest BCUT2D eigenvalue weighted by Gasteiger charge is 2.33. The van der Waals surface area contributed by atoms with Crippen molar-refractivity contribution in [3.8, 4) is 0 Å². The predicted octanol–water partition coefficient (Wildman–Crippen LogP) is 4.65. The monoisotopic (exact) mass is 491 g/mol. The Morgan fingerprint density at radius 1 is 0.944 bits per heavy atom. The molecule has 0 saturated heterocycles. The summed E-state index contributed by atoms with van der Waals surface area (Å²) in [5.41, 5.74) is 2.02. The van der Waals surface area contributed by atoms with Crippen LogP contribution in [0.2, 0.25) is 0 Å². The number of fused-ring (bicyclic) bond motifs is 1. The molecule has 1 N–H and O–H groups in total. The largest absolute Gasteiger partial charge is 0.354 e. The molecule has 9 heteroatoms. The molecule has 3 aromatic carbocycles. The first-order chi connectivity index (χ1) is 17.3. The topological polar surface area (TPSA) is 80.1 Å². The highest BCUT2D eigenvalue weighted by atomic mass is 19.1. The number of anilines is 1. The third-order valence-electron chi connectivity index (χ3n) is 5.79. The van der Waals surface area contributed by atoms with E-state index in [-0.39, 0.29) is 6.54 Å². The molecule has 186 valence electrons. The van der Waals surface area contributed by atoms with Crippen LogP contribution >= 0.6 is 0 Å². The number of para-hydroxylation sites is 1. The molecule has 7 nitrogen and oxygen atoms in total. The molecule has 0 bridgehead atoms. The number of benzene rings is 3. The molecule has 1 heterocycles. The molecule has 1 atom stereocenters. The van der Waals surface area contributed by atoms with Crippen molar-refractivity contribution in [1.82, 2.24) is 20.3 Å². The lowest BCUT2D eigenvalue weighted by Gasteiger charge is -2.31. The van der Waals surface area contributed by atoms with Gasteiger partial charge in [0.15, 0.2) is 0 Å². The van der Waals surface area contributed by atoms with Gasteiger partial charge in [-0.1, -0.05) is 43.3 Å². The molecule has 4 rings (SSSR count). The third-order valence-corrected chi connectivity index (χ3v) is 5.79. The van der Waals surface area contributed by atoms with Crippen LogP contribution in [0.25, 0.3) is 11.0 Å². The normalized spacial score (nSPS) is 12.0. The maximum atomic E-state index is 13.8. The van der Waals surface area contributed by atoms with Gasteiger partial charge in [-0.2, -0.15) is 0 Å². The number of rotatable bonds is 9. The first-order valence-electron chi connectivity index (χ1n) is 11.7. The van der Waals surface area contributed by atoms with Crippen LogP contribution in [0.3, 0.4) is 0 Å². The molecule has 0 aliphatic rings. The number of amides is 2. The number of nitrogens with one attached hydrogen (secondary N) is 1. The van der Waals surface area contributed by atoms with Crippen LogP contribution in [0.5, 0.6) is 0 Å². The minimum atomic E-state index is -1.12. The number of nitrogens with zero attached hydrogens (tertiary/aromatic N) is 4. The van der Waals surface area contributed by atoms with E-state index in [0.717, 1.165) is 6.42 Å². The Morgan fingerprint density at radius 2 is 1.58 bits per heavy atom. The molecule has 4 aromatic rings. The number of carbonyl (C=O) groups excluding carboxylic acids is 2. The molecule has 0 radical (unpaired) electrons.